The first kappa shape index (κ1) is 17.0. The summed E-state index contributed by atoms with van der Waals surface area (Å²) in [4.78, 5) is 22.8. The van der Waals surface area contributed by atoms with E-state index >= 15 is 0 Å². The van der Waals surface area contributed by atoms with Crippen molar-refractivity contribution in [2.75, 3.05) is 38.3 Å². The van der Waals surface area contributed by atoms with E-state index in [0.29, 0.717) is 34.5 Å². The van der Waals surface area contributed by atoms with Crippen molar-refractivity contribution in [3.05, 3.63) is 60.4 Å². The number of aromatic nitrogens is 2. The Morgan fingerprint density at radius 3 is 2.97 bits per heavy atom. The molecular weight excluding hydrogens is 378 g/mol. The van der Waals surface area contributed by atoms with Crippen LogP contribution in [0.25, 0.3) is 10.9 Å². The van der Waals surface area contributed by atoms with E-state index < -0.39 is 12.9 Å². The summed E-state index contributed by atoms with van der Waals surface area (Å²) in [6.45, 7) is 0.572. The number of carbonyl (C=O) groups excluding carboxylic acids is 1. The molecule has 0 aliphatic heterocycles. The molecule has 7 nitrogen and oxygen atoms in total. The number of terminal acetylenes is 1. The highest BCUT2D eigenvalue weighted by Crippen LogP contribution is 2.33. The molecule has 1 amide bonds. The van der Waals surface area contributed by atoms with Gasteiger partial charge in [-0.1, -0.05) is 18.1 Å². The van der Waals surface area contributed by atoms with Crippen molar-refractivity contribution >= 4 is 34.0 Å². The maximum atomic E-state index is 12.4. The standard InChI is InChI=1S/C23H23N5O2/c1-5-16-8-6-9-17(12-16)26-23-18-13-20(27-22(29)10-7-11-28(2)3)21(30-4)14-19(18)24-15-25-23/h1,6-10,12-15H,11H2,2-4H3,(H,27,29)(H,24,25,26)/b10-7+/i4D3. The van der Waals surface area contributed by atoms with Gasteiger partial charge in [-0.3, -0.25) is 4.79 Å². The van der Waals surface area contributed by atoms with Crippen molar-refractivity contribution in [2.24, 2.45) is 0 Å². The van der Waals surface area contributed by atoms with Crippen LogP contribution in [0.1, 0.15) is 9.68 Å². The SMILES string of the molecule is [2H]C([2H])([2H])Oc1cc2ncnc(Nc3cccc(C#C)c3)c2cc1NC(=O)/C=C/CN(C)C. The highest BCUT2D eigenvalue weighted by molar-refractivity contribution is 6.03. The molecular formula is C23H23N5O2. The van der Waals surface area contributed by atoms with Gasteiger partial charge < -0.3 is 20.3 Å². The van der Waals surface area contributed by atoms with E-state index in [1.54, 1.807) is 24.3 Å². The van der Waals surface area contributed by atoms with Crippen molar-refractivity contribution in [3.8, 4) is 18.1 Å². The number of fused-ring (bicyclic) bond motifs is 1. The molecule has 0 atom stereocenters. The highest BCUT2D eigenvalue weighted by atomic mass is 16.5. The summed E-state index contributed by atoms with van der Waals surface area (Å²) in [5.74, 6) is 2.56. The van der Waals surface area contributed by atoms with Gasteiger partial charge in [-0.25, -0.2) is 9.97 Å². The van der Waals surface area contributed by atoms with Gasteiger partial charge in [-0.05, 0) is 38.4 Å². The molecule has 30 heavy (non-hydrogen) atoms. The number of ether oxygens (including phenoxy) is 1. The van der Waals surface area contributed by atoms with E-state index in [1.807, 2.05) is 31.1 Å². The zero-order chi connectivity index (χ0) is 24.0. The number of methoxy groups -OCH3 is 1. The number of anilines is 3. The van der Waals surface area contributed by atoms with Crippen molar-refractivity contribution in [2.45, 2.75) is 0 Å². The number of hydrogen-bond donors (Lipinski definition) is 2. The predicted molar refractivity (Wildman–Crippen MR) is 120 cm³/mol. The average molecular weight is 404 g/mol. The van der Waals surface area contributed by atoms with Crippen LogP contribution in [-0.2, 0) is 4.79 Å². The summed E-state index contributed by atoms with van der Waals surface area (Å²) in [6, 6.07) is 10.3. The second kappa shape index (κ2) is 9.54. The predicted octanol–water partition coefficient (Wildman–Crippen LogP) is 3.42. The van der Waals surface area contributed by atoms with Crippen LogP contribution in [0.4, 0.5) is 17.2 Å². The third-order valence-corrected chi connectivity index (χ3v) is 4.14. The minimum atomic E-state index is -2.71. The van der Waals surface area contributed by atoms with Crippen LogP contribution in [0.5, 0.6) is 5.75 Å². The molecule has 1 heterocycles. The molecule has 2 aromatic carbocycles. The van der Waals surface area contributed by atoms with Gasteiger partial charge in [0, 0.05) is 35.3 Å². The van der Waals surface area contributed by atoms with E-state index in [0.717, 1.165) is 0 Å². The van der Waals surface area contributed by atoms with Crippen LogP contribution < -0.4 is 15.4 Å². The van der Waals surface area contributed by atoms with Gasteiger partial charge in [0.2, 0.25) is 5.91 Å². The summed E-state index contributed by atoms with van der Waals surface area (Å²) >= 11 is 0. The van der Waals surface area contributed by atoms with Crippen molar-refractivity contribution in [3.63, 3.8) is 0 Å². The average Bonchev–Trinajstić information content (AvgIpc) is 2.73. The molecule has 0 bridgehead atoms. The number of amides is 1. The third-order valence-electron chi connectivity index (χ3n) is 4.14. The van der Waals surface area contributed by atoms with E-state index in [1.165, 1.54) is 18.5 Å². The fourth-order valence-electron chi connectivity index (χ4n) is 2.73. The van der Waals surface area contributed by atoms with E-state index in [4.69, 9.17) is 15.3 Å². The minimum Gasteiger partial charge on any atom is -0.494 e. The molecule has 0 radical (unpaired) electrons. The van der Waals surface area contributed by atoms with E-state index in [9.17, 15) is 4.79 Å². The summed E-state index contributed by atoms with van der Waals surface area (Å²) in [6.07, 6.45) is 9.88. The van der Waals surface area contributed by atoms with Crippen LogP contribution in [0.15, 0.2) is 54.9 Å². The Balaban J connectivity index is 2.01. The fourth-order valence-corrected chi connectivity index (χ4v) is 2.73. The van der Waals surface area contributed by atoms with Gasteiger partial charge in [0.15, 0.2) is 0 Å². The summed E-state index contributed by atoms with van der Waals surface area (Å²) in [5, 5.41) is 6.42. The Morgan fingerprint density at radius 1 is 1.33 bits per heavy atom. The monoisotopic (exact) mass is 404 g/mol. The van der Waals surface area contributed by atoms with Gasteiger partial charge in [0.1, 0.15) is 17.9 Å². The summed E-state index contributed by atoms with van der Waals surface area (Å²) < 4.78 is 27.5. The Morgan fingerprint density at radius 2 is 2.20 bits per heavy atom. The first-order valence-corrected chi connectivity index (χ1v) is 9.08. The number of rotatable bonds is 7. The molecule has 0 aliphatic carbocycles. The Bertz CT molecular complexity index is 1230. The molecule has 0 aliphatic rings. The number of nitrogens with zero attached hydrogens (tertiary/aromatic N) is 3. The van der Waals surface area contributed by atoms with Crippen molar-refractivity contribution < 1.29 is 13.6 Å². The van der Waals surface area contributed by atoms with Gasteiger partial charge >= 0.3 is 0 Å². The lowest BCUT2D eigenvalue weighted by atomic mass is 10.1. The van der Waals surface area contributed by atoms with Crippen LogP contribution >= 0.6 is 0 Å². The Hall–Kier alpha value is -3.89. The maximum Gasteiger partial charge on any atom is 0.248 e. The number of likely N-dealkylation sites (N-methyl/N-ethyl adjacent to an activating group) is 1. The molecule has 1 aromatic heterocycles. The Kier molecular flexibility index (Phi) is 5.41. The summed E-state index contributed by atoms with van der Waals surface area (Å²) in [5.41, 5.74) is 2.02. The van der Waals surface area contributed by atoms with Crippen LogP contribution in [-0.4, -0.2) is 48.5 Å². The first-order chi connectivity index (χ1) is 15.6. The number of benzene rings is 2. The smallest absolute Gasteiger partial charge is 0.248 e. The second-order valence-corrected chi connectivity index (χ2v) is 6.69. The molecule has 7 heteroatoms. The van der Waals surface area contributed by atoms with Crippen LogP contribution in [0, 0.1) is 12.3 Å². The lowest BCUT2D eigenvalue weighted by molar-refractivity contribution is -0.111. The minimum absolute atomic E-state index is 0.0316. The lowest BCUT2D eigenvalue weighted by Crippen LogP contribution is -2.13. The molecule has 3 aromatic rings. The highest BCUT2D eigenvalue weighted by Gasteiger charge is 2.12. The first-order valence-electron chi connectivity index (χ1n) is 10.6. The van der Waals surface area contributed by atoms with Gasteiger partial charge in [0.25, 0.3) is 0 Å². The molecule has 2 N–H and O–H groups in total. The second-order valence-electron chi connectivity index (χ2n) is 6.69. The molecule has 152 valence electrons. The molecule has 3 rings (SSSR count). The zero-order valence-electron chi connectivity index (χ0n) is 19.6. The quantitative estimate of drug-likeness (QED) is 0.464. The topological polar surface area (TPSA) is 79.4 Å². The summed E-state index contributed by atoms with van der Waals surface area (Å²) in [7, 11) is 1.04. The molecule has 0 saturated heterocycles. The van der Waals surface area contributed by atoms with Crippen LogP contribution in [0.3, 0.4) is 0 Å². The van der Waals surface area contributed by atoms with Gasteiger partial charge in [-0.15, -0.1) is 6.42 Å². The normalized spacial score (nSPS) is 12.8. The molecule has 0 unspecified atom stereocenters. The third kappa shape index (κ3) is 5.13. The number of hydrogen-bond acceptors (Lipinski definition) is 6. The number of carbonyl (C=O) groups is 1. The number of nitrogens with one attached hydrogen (secondary N) is 2. The van der Waals surface area contributed by atoms with Crippen molar-refractivity contribution in [1.29, 1.82) is 0 Å². The molecule has 0 spiro atoms. The van der Waals surface area contributed by atoms with E-state index in [2.05, 4.69) is 26.5 Å². The maximum absolute atomic E-state index is 12.4. The molecule has 0 fully saturated rings. The van der Waals surface area contributed by atoms with E-state index in [-0.39, 0.29) is 11.4 Å². The largest absolute Gasteiger partial charge is 0.494 e. The van der Waals surface area contributed by atoms with Crippen molar-refractivity contribution in [1.82, 2.24) is 14.9 Å². The lowest BCUT2D eigenvalue weighted by Gasteiger charge is -2.13. The van der Waals surface area contributed by atoms with Gasteiger partial charge in [0.05, 0.1) is 22.4 Å². The zero-order valence-corrected chi connectivity index (χ0v) is 16.6. The van der Waals surface area contributed by atoms with Crippen LogP contribution in [0.2, 0.25) is 0 Å². The molecule has 0 saturated carbocycles. The fraction of sp³-hybridized carbons (Fsp3) is 0.174. The van der Waals surface area contributed by atoms with Gasteiger partial charge in [-0.2, -0.15) is 0 Å². The Labute approximate surface area is 180 Å².